The van der Waals surface area contributed by atoms with Gasteiger partial charge in [0.2, 0.25) is 0 Å². The second-order valence-electron chi connectivity index (χ2n) is 2.07. The van der Waals surface area contributed by atoms with Gasteiger partial charge in [-0.15, -0.1) is 0 Å². The first-order valence-electron chi connectivity index (χ1n) is 3.11. The molecule has 11 heavy (non-hydrogen) atoms. The molecule has 3 N–H and O–H groups in total. The SMILES string of the molecule is N[C@@H](C(=O)O)c1ccccn1. The molecule has 0 saturated carbocycles. The van der Waals surface area contributed by atoms with Gasteiger partial charge in [-0.3, -0.25) is 9.78 Å². The van der Waals surface area contributed by atoms with E-state index in [1.165, 1.54) is 6.20 Å². The quantitative estimate of drug-likeness (QED) is 0.633. The summed E-state index contributed by atoms with van der Waals surface area (Å²) in [5, 5.41) is 8.47. The third-order valence-electron chi connectivity index (χ3n) is 1.27. The molecule has 1 atom stereocenters. The zero-order valence-electron chi connectivity index (χ0n) is 5.77. The largest absolute Gasteiger partial charge is 0.480 e. The molecule has 4 heteroatoms. The lowest BCUT2D eigenvalue weighted by Gasteiger charge is -2.03. The highest BCUT2D eigenvalue weighted by Gasteiger charge is 2.13. The van der Waals surface area contributed by atoms with Gasteiger partial charge in [-0.25, -0.2) is 0 Å². The number of carboxylic acids is 1. The van der Waals surface area contributed by atoms with Crippen LogP contribution in [-0.4, -0.2) is 16.1 Å². The zero-order valence-corrected chi connectivity index (χ0v) is 5.77. The van der Waals surface area contributed by atoms with E-state index in [4.69, 9.17) is 10.8 Å². The third-order valence-corrected chi connectivity index (χ3v) is 1.27. The Morgan fingerprint density at radius 2 is 2.36 bits per heavy atom. The number of pyridine rings is 1. The number of hydrogen-bond acceptors (Lipinski definition) is 3. The van der Waals surface area contributed by atoms with Crippen LogP contribution in [0.5, 0.6) is 0 Å². The van der Waals surface area contributed by atoms with Crippen molar-refractivity contribution in [1.29, 1.82) is 0 Å². The Labute approximate surface area is 63.7 Å². The van der Waals surface area contributed by atoms with E-state index < -0.39 is 12.0 Å². The van der Waals surface area contributed by atoms with Crippen molar-refractivity contribution in [2.45, 2.75) is 6.04 Å². The van der Waals surface area contributed by atoms with Crippen LogP contribution in [0, 0.1) is 0 Å². The van der Waals surface area contributed by atoms with E-state index in [9.17, 15) is 4.79 Å². The van der Waals surface area contributed by atoms with Crippen molar-refractivity contribution in [2.75, 3.05) is 0 Å². The molecule has 1 aromatic rings. The minimum absolute atomic E-state index is 0.375. The van der Waals surface area contributed by atoms with Crippen LogP contribution in [-0.2, 0) is 4.79 Å². The van der Waals surface area contributed by atoms with E-state index in [-0.39, 0.29) is 0 Å². The standard InChI is InChI=1S/C7H8N2O2/c8-6(7(10)11)5-3-1-2-4-9-5/h1-4,6H,8H2,(H,10,11)/t6-/m1/s1. The number of carboxylic acid groups (broad SMARTS) is 1. The summed E-state index contributed by atoms with van der Waals surface area (Å²) in [6, 6.07) is 3.97. The fourth-order valence-electron chi connectivity index (χ4n) is 0.686. The van der Waals surface area contributed by atoms with Gasteiger partial charge in [-0.2, -0.15) is 0 Å². The van der Waals surface area contributed by atoms with Gasteiger partial charge in [0.05, 0.1) is 5.69 Å². The Kier molecular flexibility index (Phi) is 2.18. The Morgan fingerprint density at radius 3 is 2.82 bits per heavy atom. The van der Waals surface area contributed by atoms with Crippen LogP contribution in [0.25, 0.3) is 0 Å². The second kappa shape index (κ2) is 3.12. The maximum atomic E-state index is 10.3. The lowest BCUT2D eigenvalue weighted by molar-refractivity contribution is -0.138. The molecule has 1 aromatic heterocycles. The molecule has 0 aliphatic heterocycles. The Hall–Kier alpha value is -1.42. The van der Waals surface area contributed by atoms with Crippen LogP contribution < -0.4 is 5.73 Å². The van der Waals surface area contributed by atoms with Gasteiger partial charge in [0.15, 0.2) is 0 Å². The molecule has 0 aromatic carbocycles. The maximum Gasteiger partial charge on any atom is 0.326 e. The number of nitrogens with two attached hydrogens (primary N) is 1. The number of rotatable bonds is 2. The average molecular weight is 152 g/mol. The summed E-state index contributed by atoms with van der Waals surface area (Å²) in [6.07, 6.45) is 1.51. The van der Waals surface area contributed by atoms with Crippen LogP contribution >= 0.6 is 0 Å². The van der Waals surface area contributed by atoms with Gasteiger partial charge in [0, 0.05) is 6.20 Å². The molecule has 0 spiro atoms. The molecule has 0 saturated heterocycles. The topological polar surface area (TPSA) is 76.2 Å². The Balaban J connectivity index is 2.85. The molecule has 0 unspecified atom stereocenters. The lowest BCUT2D eigenvalue weighted by Crippen LogP contribution is -2.21. The highest BCUT2D eigenvalue weighted by molar-refractivity contribution is 5.74. The molecule has 58 valence electrons. The van der Waals surface area contributed by atoms with E-state index in [2.05, 4.69) is 4.98 Å². The van der Waals surface area contributed by atoms with Gasteiger partial charge >= 0.3 is 5.97 Å². The highest BCUT2D eigenvalue weighted by atomic mass is 16.4. The van der Waals surface area contributed by atoms with Crippen molar-refractivity contribution in [3.63, 3.8) is 0 Å². The zero-order chi connectivity index (χ0) is 8.27. The smallest absolute Gasteiger partial charge is 0.326 e. The molecule has 1 rings (SSSR count). The maximum absolute atomic E-state index is 10.3. The van der Waals surface area contributed by atoms with Crippen LogP contribution in [0.2, 0.25) is 0 Å². The summed E-state index contributed by atoms with van der Waals surface area (Å²) in [5.74, 6) is -1.07. The first-order valence-corrected chi connectivity index (χ1v) is 3.11. The number of aromatic nitrogens is 1. The van der Waals surface area contributed by atoms with Gasteiger partial charge in [0.25, 0.3) is 0 Å². The first-order chi connectivity index (χ1) is 5.22. The van der Waals surface area contributed by atoms with Crippen LogP contribution in [0.15, 0.2) is 24.4 Å². The van der Waals surface area contributed by atoms with Crippen molar-refractivity contribution in [2.24, 2.45) is 5.73 Å². The number of aliphatic carboxylic acids is 1. The van der Waals surface area contributed by atoms with Crippen molar-refractivity contribution < 1.29 is 9.90 Å². The third kappa shape index (κ3) is 1.75. The van der Waals surface area contributed by atoms with E-state index in [0.29, 0.717) is 5.69 Å². The Bertz CT molecular complexity index is 248. The summed E-state index contributed by atoms with van der Waals surface area (Å²) in [7, 11) is 0. The van der Waals surface area contributed by atoms with Crippen molar-refractivity contribution in [3.05, 3.63) is 30.1 Å². The van der Waals surface area contributed by atoms with Crippen molar-refractivity contribution in [1.82, 2.24) is 4.98 Å². The normalized spacial score (nSPS) is 12.5. The van der Waals surface area contributed by atoms with E-state index in [1.807, 2.05) is 0 Å². The summed E-state index contributed by atoms with van der Waals surface area (Å²) >= 11 is 0. The number of nitrogens with zero attached hydrogens (tertiary/aromatic N) is 1. The predicted octanol–water partition coefficient (Wildman–Crippen LogP) is 0.166. The fourth-order valence-corrected chi connectivity index (χ4v) is 0.686. The van der Waals surface area contributed by atoms with Crippen LogP contribution in [0.3, 0.4) is 0 Å². The molecule has 4 nitrogen and oxygen atoms in total. The van der Waals surface area contributed by atoms with Gasteiger partial charge in [-0.1, -0.05) is 6.07 Å². The molecule has 1 heterocycles. The molecule has 0 radical (unpaired) electrons. The van der Waals surface area contributed by atoms with Gasteiger partial charge in [0.1, 0.15) is 6.04 Å². The van der Waals surface area contributed by atoms with Crippen LogP contribution in [0.4, 0.5) is 0 Å². The molecular formula is C7H8N2O2. The minimum Gasteiger partial charge on any atom is -0.480 e. The van der Waals surface area contributed by atoms with E-state index in [1.54, 1.807) is 18.2 Å². The summed E-state index contributed by atoms with van der Waals surface area (Å²) in [6.45, 7) is 0. The highest BCUT2D eigenvalue weighted by Crippen LogP contribution is 2.04. The monoisotopic (exact) mass is 152 g/mol. The molecule has 0 aliphatic rings. The van der Waals surface area contributed by atoms with E-state index in [0.717, 1.165) is 0 Å². The first kappa shape index (κ1) is 7.68. The van der Waals surface area contributed by atoms with Crippen LogP contribution in [0.1, 0.15) is 11.7 Å². The fraction of sp³-hybridized carbons (Fsp3) is 0.143. The Morgan fingerprint density at radius 1 is 1.64 bits per heavy atom. The second-order valence-corrected chi connectivity index (χ2v) is 2.07. The summed E-state index contributed by atoms with van der Waals surface area (Å²) < 4.78 is 0. The predicted molar refractivity (Wildman–Crippen MR) is 38.8 cm³/mol. The minimum atomic E-state index is -1.07. The van der Waals surface area contributed by atoms with Gasteiger partial charge in [-0.05, 0) is 12.1 Å². The lowest BCUT2D eigenvalue weighted by atomic mass is 10.2. The van der Waals surface area contributed by atoms with Gasteiger partial charge < -0.3 is 10.8 Å². The average Bonchev–Trinajstić information content (AvgIpc) is 2.05. The van der Waals surface area contributed by atoms with E-state index >= 15 is 0 Å². The molecule has 0 fully saturated rings. The molecular weight excluding hydrogens is 144 g/mol. The molecule has 0 amide bonds. The molecule has 0 aliphatic carbocycles. The van der Waals surface area contributed by atoms with Crippen molar-refractivity contribution >= 4 is 5.97 Å². The number of carbonyl (C=O) groups is 1. The molecule has 0 bridgehead atoms. The number of hydrogen-bond donors (Lipinski definition) is 2. The summed E-state index contributed by atoms with van der Waals surface area (Å²) in [5.41, 5.74) is 5.65. The van der Waals surface area contributed by atoms with Crippen molar-refractivity contribution in [3.8, 4) is 0 Å². The summed E-state index contributed by atoms with van der Waals surface area (Å²) in [4.78, 5) is 14.1.